The molecule has 1 aliphatic rings. The second kappa shape index (κ2) is 5.49. The monoisotopic (exact) mass is 268 g/mol. The summed E-state index contributed by atoms with van der Waals surface area (Å²) >= 11 is 0. The fourth-order valence-electron chi connectivity index (χ4n) is 2.57. The van der Waals surface area contributed by atoms with Gasteiger partial charge in [0.05, 0.1) is 0 Å². The van der Waals surface area contributed by atoms with Gasteiger partial charge in [0.1, 0.15) is 17.5 Å². The highest BCUT2D eigenvalue weighted by atomic mass is 15.2. The summed E-state index contributed by atoms with van der Waals surface area (Å²) in [6, 6.07) is 10.6. The van der Waals surface area contributed by atoms with E-state index in [1.165, 1.54) is 11.1 Å². The largest absolute Gasteiger partial charge is 0.370 e. The van der Waals surface area contributed by atoms with Gasteiger partial charge in [0, 0.05) is 32.1 Å². The van der Waals surface area contributed by atoms with E-state index in [0.29, 0.717) is 0 Å². The van der Waals surface area contributed by atoms with Gasteiger partial charge in [-0.3, -0.25) is 0 Å². The van der Waals surface area contributed by atoms with Gasteiger partial charge in [0.2, 0.25) is 0 Å². The molecule has 0 saturated carbocycles. The second-order valence-corrected chi connectivity index (χ2v) is 5.04. The molecule has 2 heterocycles. The van der Waals surface area contributed by atoms with Gasteiger partial charge < -0.3 is 10.2 Å². The number of nitrogens with zero attached hydrogens (tertiary/aromatic N) is 3. The van der Waals surface area contributed by atoms with E-state index in [0.717, 1.165) is 43.5 Å². The Balaban J connectivity index is 1.89. The summed E-state index contributed by atoms with van der Waals surface area (Å²) in [6.45, 7) is 6.91. The van der Waals surface area contributed by atoms with Crippen LogP contribution in [0.3, 0.4) is 0 Å². The fourth-order valence-corrected chi connectivity index (χ4v) is 2.57. The Bertz CT molecular complexity index is 584. The highest BCUT2D eigenvalue weighted by molar-refractivity contribution is 5.53. The maximum absolute atomic E-state index is 4.67. The van der Waals surface area contributed by atoms with Gasteiger partial charge >= 0.3 is 0 Å². The van der Waals surface area contributed by atoms with Crippen molar-refractivity contribution in [1.29, 1.82) is 0 Å². The molecule has 0 spiro atoms. The third-order valence-corrected chi connectivity index (χ3v) is 3.60. The lowest BCUT2D eigenvalue weighted by Gasteiger charge is -2.18. The van der Waals surface area contributed by atoms with Gasteiger partial charge in [0.25, 0.3) is 0 Å². The van der Waals surface area contributed by atoms with Crippen LogP contribution in [0.4, 0.5) is 11.6 Å². The van der Waals surface area contributed by atoms with Crippen LogP contribution < -0.4 is 10.2 Å². The van der Waals surface area contributed by atoms with Crippen LogP contribution >= 0.6 is 0 Å². The van der Waals surface area contributed by atoms with Crippen LogP contribution in [0.5, 0.6) is 0 Å². The SMILES string of the molecule is CCNc1cc(N2Cc3ccccc3C2)nc(CC)n1. The number of aromatic nitrogens is 2. The molecule has 0 amide bonds. The highest BCUT2D eigenvalue weighted by Gasteiger charge is 2.20. The van der Waals surface area contributed by atoms with Gasteiger partial charge in [-0.2, -0.15) is 0 Å². The number of rotatable bonds is 4. The predicted octanol–water partition coefficient (Wildman–Crippen LogP) is 2.99. The summed E-state index contributed by atoms with van der Waals surface area (Å²) in [6.07, 6.45) is 0.854. The van der Waals surface area contributed by atoms with Gasteiger partial charge in [-0.15, -0.1) is 0 Å². The van der Waals surface area contributed by atoms with Crippen molar-refractivity contribution < 1.29 is 0 Å². The molecule has 20 heavy (non-hydrogen) atoms. The third-order valence-electron chi connectivity index (χ3n) is 3.60. The van der Waals surface area contributed by atoms with Crippen molar-refractivity contribution in [3.8, 4) is 0 Å². The van der Waals surface area contributed by atoms with E-state index in [2.05, 4.69) is 64.4 Å². The molecule has 0 bridgehead atoms. The first-order valence-electron chi connectivity index (χ1n) is 7.23. The van der Waals surface area contributed by atoms with Crippen molar-refractivity contribution in [2.45, 2.75) is 33.4 Å². The first-order chi connectivity index (χ1) is 9.80. The van der Waals surface area contributed by atoms with Crippen LogP contribution in [0, 0.1) is 0 Å². The zero-order valence-electron chi connectivity index (χ0n) is 12.1. The van der Waals surface area contributed by atoms with Crippen molar-refractivity contribution in [3.05, 3.63) is 47.3 Å². The second-order valence-electron chi connectivity index (χ2n) is 5.04. The summed E-state index contributed by atoms with van der Waals surface area (Å²) in [7, 11) is 0. The van der Waals surface area contributed by atoms with Gasteiger partial charge in [-0.25, -0.2) is 9.97 Å². The zero-order chi connectivity index (χ0) is 13.9. The summed E-state index contributed by atoms with van der Waals surface area (Å²) in [5.41, 5.74) is 2.79. The normalized spacial score (nSPS) is 13.4. The van der Waals surface area contributed by atoms with Crippen LogP contribution in [0.1, 0.15) is 30.8 Å². The smallest absolute Gasteiger partial charge is 0.135 e. The van der Waals surface area contributed by atoms with Crippen molar-refractivity contribution in [3.63, 3.8) is 0 Å². The van der Waals surface area contributed by atoms with Crippen molar-refractivity contribution in [2.24, 2.45) is 0 Å². The number of fused-ring (bicyclic) bond motifs is 1. The molecule has 0 unspecified atom stereocenters. The zero-order valence-corrected chi connectivity index (χ0v) is 12.1. The minimum Gasteiger partial charge on any atom is -0.370 e. The first kappa shape index (κ1) is 12.9. The molecule has 104 valence electrons. The predicted molar refractivity (Wildman–Crippen MR) is 81.9 cm³/mol. The molecule has 1 aromatic carbocycles. The molecule has 0 radical (unpaired) electrons. The van der Waals surface area contributed by atoms with E-state index in [1.807, 2.05) is 0 Å². The Hall–Kier alpha value is -2.10. The summed E-state index contributed by atoms with van der Waals surface area (Å²) < 4.78 is 0. The molecule has 4 nitrogen and oxygen atoms in total. The van der Waals surface area contributed by atoms with E-state index >= 15 is 0 Å². The molecule has 1 aromatic heterocycles. The van der Waals surface area contributed by atoms with Gasteiger partial charge in [-0.05, 0) is 18.1 Å². The Kier molecular flexibility index (Phi) is 3.54. The lowest BCUT2D eigenvalue weighted by molar-refractivity contribution is 0.829. The standard InChI is InChI=1S/C16H20N4/c1-3-14-18-15(17-4-2)9-16(19-14)20-10-12-7-5-6-8-13(12)11-20/h5-9H,3-4,10-11H2,1-2H3,(H,17,18,19). The lowest BCUT2D eigenvalue weighted by atomic mass is 10.1. The molecule has 1 aliphatic heterocycles. The maximum atomic E-state index is 4.67. The molecule has 0 saturated heterocycles. The minimum absolute atomic E-state index is 0.854. The summed E-state index contributed by atoms with van der Waals surface area (Å²) in [4.78, 5) is 11.5. The summed E-state index contributed by atoms with van der Waals surface area (Å²) in [5, 5.41) is 3.29. The highest BCUT2D eigenvalue weighted by Crippen LogP contribution is 2.27. The number of hydrogen-bond donors (Lipinski definition) is 1. The van der Waals surface area contributed by atoms with E-state index in [4.69, 9.17) is 0 Å². The van der Waals surface area contributed by atoms with Gasteiger partial charge in [0.15, 0.2) is 0 Å². The third kappa shape index (κ3) is 2.46. The Labute approximate surface area is 119 Å². The maximum Gasteiger partial charge on any atom is 0.135 e. The fraction of sp³-hybridized carbons (Fsp3) is 0.375. The van der Waals surface area contributed by atoms with Crippen LogP contribution in [0.25, 0.3) is 0 Å². The Morgan fingerprint density at radius 2 is 1.80 bits per heavy atom. The Morgan fingerprint density at radius 3 is 2.40 bits per heavy atom. The topological polar surface area (TPSA) is 41.0 Å². The number of benzene rings is 1. The van der Waals surface area contributed by atoms with Crippen LogP contribution in [-0.2, 0) is 19.5 Å². The molecule has 3 rings (SSSR count). The van der Waals surface area contributed by atoms with E-state index in [-0.39, 0.29) is 0 Å². The van der Waals surface area contributed by atoms with Crippen LogP contribution in [0.15, 0.2) is 30.3 Å². The van der Waals surface area contributed by atoms with Gasteiger partial charge in [-0.1, -0.05) is 31.2 Å². The van der Waals surface area contributed by atoms with E-state index < -0.39 is 0 Å². The van der Waals surface area contributed by atoms with Crippen LogP contribution in [0.2, 0.25) is 0 Å². The molecule has 2 aromatic rings. The molecular weight excluding hydrogens is 248 g/mol. The first-order valence-corrected chi connectivity index (χ1v) is 7.23. The van der Waals surface area contributed by atoms with Crippen molar-refractivity contribution >= 4 is 11.6 Å². The minimum atomic E-state index is 0.854. The van der Waals surface area contributed by atoms with Crippen LogP contribution in [-0.4, -0.2) is 16.5 Å². The van der Waals surface area contributed by atoms with E-state index in [9.17, 15) is 0 Å². The molecule has 4 heteroatoms. The number of nitrogens with one attached hydrogen (secondary N) is 1. The number of hydrogen-bond acceptors (Lipinski definition) is 4. The molecule has 0 atom stereocenters. The Morgan fingerprint density at radius 1 is 1.10 bits per heavy atom. The molecular formula is C16H20N4. The summed E-state index contributed by atoms with van der Waals surface area (Å²) in [5.74, 6) is 2.84. The van der Waals surface area contributed by atoms with Crippen molar-refractivity contribution in [2.75, 3.05) is 16.8 Å². The average Bonchev–Trinajstić information content (AvgIpc) is 2.91. The molecule has 1 N–H and O–H groups in total. The number of aryl methyl sites for hydroxylation is 1. The molecule has 0 fully saturated rings. The van der Waals surface area contributed by atoms with Crippen molar-refractivity contribution in [1.82, 2.24) is 9.97 Å². The average molecular weight is 268 g/mol. The number of anilines is 2. The lowest BCUT2D eigenvalue weighted by Crippen LogP contribution is -2.18. The molecule has 0 aliphatic carbocycles. The quantitative estimate of drug-likeness (QED) is 0.925. The van der Waals surface area contributed by atoms with E-state index in [1.54, 1.807) is 0 Å².